The van der Waals surface area contributed by atoms with Crippen LogP contribution in [0.15, 0.2) is 138 Å². The van der Waals surface area contributed by atoms with Crippen LogP contribution in [0.4, 0.5) is 0 Å². The van der Waals surface area contributed by atoms with Crippen LogP contribution in [0.25, 0.3) is 55.4 Å². The summed E-state index contributed by atoms with van der Waals surface area (Å²) in [5.41, 5.74) is 13.9. The molecule has 14 rings (SSSR count). The van der Waals surface area contributed by atoms with E-state index in [2.05, 4.69) is 147 Å². The van der Waals surface area contributed by atoms with Gasteiger partial charge in [0.2, 0.25) is 5.88 Å². The van der Waals surface area contributed by atoms with Gasteiger partial charge >= 0.3 is 6.85 Å². The van der Waals surface area contributed by atoms with Crippen molar-refractivity contribution in [2.45, 2.75) is 43.9 Å². The molecule has 54 heavy (non-hydrogen) atoms. The van der Waals surface area contributed by atoms with Crippen molar-refractivity contribution in [2.24, 2.45) is 11.8 Å². The molecule has 2 aliphatic heterocycles. The smallest absolute Gasteiger partial charge is 0.363 e. The zero-order chi connectivity index (χ0) is 35.2. The molecule has 6 aromatic carbocycles. The van der Waals surface area contributed by atoms with Crippen molar-refractivity contribution in [1.29, 1.82) is 0 Å². The summed E-state index contributed by atoms with van der Waals surface area (Å²) in [5, 5.41) is 1.94. The highest BCUT2D eigenvalue weighted by atomic mass is 16.5. The summed E-state index contributed by atoms with van der Waals surface area (Å²) in [6, 6.07) is 47.6. The molecular formula is C48H36BN3O2. The van der Waals surface area contributed by atoms with Gasteiger partial charge in [0, 0.05) is 27.4 Å². The van der Waals surface area contributed by atoms with Crippen molar-refractivity contribution < 1.29 is 4.74 Å². The third-order valence-electron chi connectivity index (χ3n) is 13.7. The molecule has 0 radical (unpaired) electrons. The number of rotatable bonds is 3. The van der Waals surface area contributed by atoms with Crippen LogP contribution in [0.1, 0.15) is 55.1 Å². The van der Waals surface area contributed by atoms with Gasteiger partial charge in [-0.1, -0.05) is 103 Å². The first-order valence-corrected chi connectivity index (χ1v) is 19.7. The second-order valence-electron chi connectivity index (χ2n) is 16.5. The zero-order valence-electron chi connectivity index (χ0n) is 29.8. The quantitative estimate of drug-likeness (QED) is 0.173. The third-order valence-corrected chi connectivity index (χ3v) is 13.7. The van der Waals surface area contributed by atoms with Gasteiger partial charge < -0.3 is 4.74 Å². The molecule has 2 atom stereocenters. The average molecular weight is 698 g/mol. The summed E-state index contributed by atoms with van der Waals surface area (Å²) in [6.45, 7) is -0.331. The van der Waals surface area contributed by atoms with Crippen molar-refractivity contribution in [2.75, 3.05) is 0 Å². The molecule has 4 aliphatic carbocycles. The van der Waals surface area contributed by atoms with Crippen molar-refractivity contribution >= 4 is 39.6 Å². The Labute approximate surface area is 313 Å². The highest BCUT2D eigenvalue weighted by molar-refractivity contribution is 6.89. The predicted octanol–water partition coefficient (Wildman–Crippen LogP) is 9.53. The molecule has 2 aromatic heterocycles. The van der Waals surface area contributed by atoms with Crippen molar-refractivity contribution in [3.8, 4) is 45.3 Å². The van der Waals surface area contributed by atoms with Crippen molar-refractivity contribution in [3.05, 3.63) is 155 Å². The molecule has 6 heteroatoms. The Morgan fingerprint density at radius 1 is 0.574 bits per heavy atom. The lowest BCUT2D eigenvalue weighted by atomic mass is 9.50. The summed E-state index contributed by atoms with van der Waals surface area (Å²) < 4.78 is 13.8. The van der Waals surface area contributed by atoms with E-state index >= 15 is 4.79 Å². The number of nitrogens with zero attached hydrogens (tertiary/aromatic N) is 3. The topological polar surface area (TPSA) is 41.1 Å². The fraction of sp³-hybridized carbons (Fsp3) is 0.188. The highest BCUT2D eigenvalue weighted by Crippen LogP contribution is 2.56. The summed E-state index contributed by atoms with van der Waals surface area (Å²) in [5.74, 6) is 4.41. The van der Waals surface area contributed by atoms with Gasteiger partial charge in [0.15, 0.2) is 0 Å². The Morgan fingerprint density at radius 2 is 1.20 bits per heavy atom. The molecule has 4 heterocycles. The average Bonchev–Trinajstić information content (AvgIpc) is 3.79. The lowest BCUT2D eigenvalue weighted by Crippen LogP contribution is -2.52. The normalized spacial score (nSPS) is 21.1. The SMILES string of the molecule is O=c1c2cc3c(cc2n2n1B1c4c(cccc4-2)Oc2c1c1ccccc1n2-c1c(-c2ccccc2)cccc1-c1ccccc1)C1CC2CC(CC3C2)C1. The molecule has 2 unspecified atom stereocenters. The first-order chi connectivity index (χ1) is 26.7. The zero-order valence-corrected chi connectivity index (χ0v) is 29.8. The maximum absolute atomic E-state index is 15.1. The minimum Gasteiger partial charge on any atom is -0.441 e. The minimum atomic E-state index is -0.331. The lowest BCUT2D eigenvalue weighted by molar-refractivity contribution is 0.166. The summed E-state index contributed by atoms with van der Waals surface area (Å²) >= 11 is 0. The van der Waals surface area contributed by atoms with Gasteiger partial charge in [-0.05, 0) is 108 Å². The Kier molecular flexibility index (Phi) is 5.76. The van der Waals surface area contributed by atoms with Crippen LogP contribution in [0.5, 0.6) is 11.6 Å². The van der Waals surface area contributed by atoms with Gasteiger partial charge in [-0.3, -0.25) is 18.6 Å². The largest absolute Gasteiger partial charge is 0.441 e. The molecule has 2 saturated carbocycles. The monoisotopic (exact) mass is 697 g/mol. The molecule has 0 amide bonds. The summed E-state index contributed by atoms with van der Waals surface area (Å²) in [7, 11) is 0. The Balaban J connectivity index is 1.11. The highest BCUT2D eigenvalue weighted by Gasteiger charge is 2.48. The minimum absolute atomic E-state index is 0.0863. The van der Waals surface area contributed by atoms with Crippen LogP contribution < -0.4 is 21.2 Å². The van der Waals surface area contributed by atoms with Crippen LogP contribution in [0, 0.1) is 11.8 Å². The number of aromatic nitrogens is 3. The number of hydrogen-bond acceptors (Lipinski definition) is 2. The maximum Gasteiger partial charge on any atom is 0.363 e. The molecule has 258 valence electrons. The van der Waals surface area contributed by atoms with Gasteiger partial charge in [0.25, 0.3) is 5.56 Å². The fourth-order valence-corrected chi connectivity index (χ4v) is 11.7. The van der Waals surface area contributed by atoms with Crippen LogP contribution in [0.2, 0.25) is 0 Å². The maximum atomic E-state index is 15.1. The molecule has 0 spiro atoms. The molecular weight excluding hydrogens is 661 g/mol. The fourth-order valence-electron chi connectivity index (χ4n) is 11.7. The first kappa shape index (κ1) is 29.4. The number of hydrogen-bond donors (Lipinski definition) is 0. The number of fused-ring (bicyclic) bond motifs is 9. The van der Waals surface area contributed by atoms with Crippen LogP contribution in [-0.2, 0) is 0 Å². The van der Waals surface area contributed by atoms with E-state index in [1.165, 1.54) is 43.2 Å². The number of benzene rings is 6. The number of para-hydroxylation sites is 2. The summed E-state index contributed by atoms with van der Waals surface area (Å²) in [4.78, 5) is 15.1. The van der Waals surface area contributed by atoms with Gasteiger partial charge in [0.1, 0.15) is 5.75 Å². The second kappa shape index (κ2) is 10.6. The Morgan fingerprint density at radius 3 is 1.91 bits per heavy atom. The van der Waals surface area contributed by atoms with E-state index in [4.69, 9.17) is 4.74 Å². The van der Waals surface area contributed by atoms with E-state index in [9.17, 15) is 0 Å². The standard InChI is InChI=1S/C48H36BN3O2/c53-47-39-26-37-32-22-28-21-29(23-32)25-33(24-28)38(37)27-42(39)51-41-19-10-20-43-45(41)49(52(47)51)44-36-15-7-8-18-40(36)50(48(44)54-43)46-34(30-11-3-1-4-12-30)16-9-17-35(46)31-13-5-2-6-14-31/h1-20,26-29,32-33H,21-25H2. The van der Waals surface area contributed by atoms with E-state index < -0.39 is 0 Å². The second-order valence-corrected chi connectivity index (χ2v) is 16.5. The first-order valence-electron chi connectivity index (χ1n) is 19.7. The van der Waals surface area contributed by atoms with Gasteiger partial charge in [0.05, 0.1) is 27.8 Å². The van der Waals surface area contributed by atoms with E-state index in [1.807, 2.05) is 0 Å². The number of ether oxygens (including phenoxy) is 1. The van der Waals surface area contributed by atoms with Crippen LogP contribution in [-0.4, -0.2) is 20.7 Å². The summed E-state index contributed by atoms with van der Waals surface area (Å²) in [6.07, 6.45) is 6.56. The van der Waals surface area contributed by atoms with E-state index in [0.29, 0.717) is 11.8 Å². The van der Waals surface area contributed by atoms with Gasteiger partial charge in [-0.15, -0.1) is 0 Å². The molecule has 2 fully saturated rings. The van der Waals surface area contributed by atoms with E-state index in [1.54, 1.807) is 0 Å². The van der Waals surface area contributed by atoms with Gasteiger partial charge in [-0.2, -0.15) is 0 Å². The van der Waals surface area contributed by atoms with Crippen LogP contribution in [0.3, 0.4) is 0 Å². The van der Waals surface area contributed by atoms with Crippen molar-refractivity contribution in [1.82, 2.24) is 13.8 Å². The molecule has 0 saturated heterocycles. The van der Waals surface area contributed by atoms with Gasteiger partial charge in [-0.25, -0.2) is 0 Å². The van der Waals surface area contributed by atoms with Crippen molar-refractivity contribution in [3.63, 3.8) is 0 Å². The predicted molar refractivity (Wildman–Crippen MR) is 218 cm³/mol. The lowest BCUT2D eigenvalue weighted by Gasteiger charge is -2.38. The third kappa shape index (κ3) is 3.78. The van der Waals surface area contributed by atoms with E-state index in [-0.39, 0.29) is 12.4 Å². The molecule has 6 aliphatic rings. The Hall–Kier alpha value is -6.01. The van der Waals surface area contributed by atoms with Crippen LogP contribution >= 0.6 is 0 Å². The molecule has 8 aromatic rings. The molecule has 5 nitrogen and oxygen atoms in total. The molecule has 0 N–H and O–H groups in total. The van der Waals surface area contributed by atoms with E-state index in [0.717, 1.165) is 89.8 Å². The Bertz CT molecular complexity index is 2890. The molecule has 4 bridgehead atoms.